The zero-order valence-corrected chi connectivity index (χ0v) is 23.9. The quantitative estimate of drug-likeness (QED) is 0.407. The molecule has 0 bridgehead atoms. The van der Waals surface area contributed by atoms with Crippen molar-refractivity contribution in [2.45, 2.75) is 12.0 Å². The SMILES string of the molecule is COC1=CN(O)C=C(OC)C1=C1C=CC(=NC(=O)[C@@H](NC(=O)c2ccnn2C)C(c2ccccc2)c2ccccc2)C=C1. The maximum absolute atomic E-state index is 14.0. The second-order valence-corrected chi connectivity index (χ2v) is 9.74. The molecule has 2 aromatic carbocycles. The Labute approximate surface area is 249 Å². The van der Waals surface area contributed by atoms with Crippen molar-refractivity contribution >= 4 is 17.5 Å². The first-order chi connectivity index (χ1) is 20.9. The van der Waals surface area contributed by atoms with E-state index in [0.717, 1.165) is 21.8 Å². The van der Waals surface area contributed by atoms with E-state index in [0.29, 0.717) is 28.5 Å². The Balaban J connectivity index is 1.52. The summed E-state index contributed by atoms with van der Waals surface area (Å²) in [5.74, 6) is -0.677. The van der Waals surface area contributed by atoms with Crippen LogP contribution in [-0.4, -0.2) is 57.8 Å². The van der Waals surface area contributed by atoms with Gasteiger partial charge in [0, 0.05) is 19.2 Å². The minimum Gasteiger partial charge on any atom is -0.494 e. The number of hydrogen-bond donors (Lipinski definition) is 2. The number of carbonyl (C=O) groups is 2. The van der Waals surface area contributed by atoms with Crippen LogP contribution in [0.5, 0.6) is 0 Å². The summed E-state index contributed by atoms with van der Waals surface area (Å²) in [4.78, 5) is 31.8. The fourth-order valence-electron chi connectivity index (χ4n) is 5.02. The number of ether oxygens (including phenoxy) is 2. The lowest BCUT2D eigenvalue weighted by atomic mass is 9.84. The highest BCUT2D eigenvalue weighted by Crippen LogP contribution is 2.32. The van der Waals surface area contributed by atoms with Gasteiger partial charge in [0.05, 0.1) is 37.9 Å². The highest BCUT2D eigenvalue weighted by molar-refractivity contribution is 6.12. The van der Waals surface area contributed by atoms with Crippen molar-refractivity contribution in [2.75, 3.05) is 14.2 Å². The summed E-state index contributed by atoms with van der Waals surface area (Å²) in [7, 11) is 4.66. The van der Waals surface area contributed by atoms with Crippen molar-refractivity contribution in [3.05, 3.63) is 149 Å². The Morgan fingerprint density at radius 2 is 1.42 bits per heavy atom. The molecule has 43 heavy (non-hydrogen) atoms. The van der Waals surface area contributed by atoms with E-state index in [-0.39, 0.29) is 0 Å². The van der Waals surface area contributed by atoms with Crippen LogP contribution in [0.3, 0.4) is 0 Å². The molecule has 2 heterocycles. The van der Waals surface area contributed by atoms with Crippen molar-refractivity contribution in [3.63, 3.8) is 0 Å². The van der Waals surface area contributed by atoms with Crippen LogP contribution in [0.25, 0.3) is 0 Å². The predicted molar refractivity (Wildman–Crippen MR) is 161 cm³/mol. The molecule has 0 radical (unpaired) electrons. The molecule has 1 aromatic heterocycles. The van der Waals surface area contributed by atoms with E-state index in [2.05, 4.69) is 15.4 Å². The van der Waals surface area contributed by atoms with Gasteiger partial charge < -0.3 is 14.8 Å². The Kier molecular flexibility index (Phi) is 8.78. The van der Waals surface area contributed by atoms with Gasteiger partial charge in [-0.25, -0.2) is 10.1 Å². The molecule has 3 aromatic rings. The molecule has 1 aliphatic heterocycles. The normalized spacial score (nSPS) is 15.2. The lowest BCUT2D eigenvalue weighted by molar-refractivity contribution is -0.119. The minimum atomic E-state index is -1.03. The number of amides is 2. The standard InChI is InChI=1S/C33H31N5O5/c1-37-26(18-19-34-37)32(39)36-31(29(22-10-6-4-7-11-22)23-12-8-5-9-13-23)33(40)35-25-16-14-24(15-17-25)30-27(42-2)20-38(41)21-28(30)43-3/h4-21,29,31,41H,1-3H3,(H,36,39)/t31-/m0/s1. The monoisotopic (exact) mass is 577 g/mol. The summed E-state index contributed by atoms with van der Waals surface area (Å²) < 4.78 is 12.4. The summed E-state index contributed by atoms with van der Waals surface area (Å²) in [6.07, 6.45) is 11.3. The number of aromatic nitrogens is 2. The number of nitrogens with zero attached hydrogens (tertiary/aromatic N) is 4. The molecule has 0 fully saturated rings. The zero-order chi connectivity index (χ0) is 30.3. The molecule has 1 atom stereocenters. The number of benzene rings is 2. The number of methoxy groups -OCH3 is 2. The number of hydrogen-bond acceptors (Lipinski definition) is 7. The zero-order valence-electron chi connectivity index (χ0n) is 23.9. The molecular weight excluding hydrogens is 546 g/mol. The van der Waals surface area contributed by atoms with E-state index in [1.807, 2.05) is 60.7 Å². The molecule has 0 saturated carbocycles. The first-order valence-electron chi connectivity index (χ1n) is 13.5. The second kappa shape index (κ2) is 13.0. The maximum atomic E-state index is 14.0. The molecule has 2 N–H and O–H groups in total. The molecule has 5 rings (SSSR count). The van der Waals surface area contributed by atoms with E-state index in [1.54, 1.807) is 37.4 Å². The molecule has 1 aliphatic carbocycles. The van der Waals surface area contributed by atoms with E-state index in [9.17, 15) is 14.8 Å². The maximum Gasteiger partial charge on any atom is 0.270 e. The van der Waals surface area contributed by atoms with Gasteiger partial charge in [0.25, 0.3) is 11.8 Å². The van der Waals surface area contributed by atoms with Crippen molar-refractivity contribution < 1.29 is 24.3 Å². The third kappa shape index (κ3) is 6.39. The van der Waals surface area contributed by atoms with Crippen molar-refractivity contribution in [1.29, 1.82) is 0 Å². The largest absolute Gasteiger partial charge is 0.494 e. The smallest absolute Gasteiger partial charge is 0.270 e. The van der Waals surface area contributed by atoms with Crippen LogP contribution in [0.15, 0.2) is 137 Å². The lowest BCUT2D eigenvalue weighted by Gasteiger charge is -2.27. The number of carbonyl (C=O) groups excluding carboxylic acids is 2. The van der Waals surface area contributed by atoms with E-state index in [4.69, 9.17) is 9.47 Å². The van der Waals surface area contributed by atoms with Gasteiger partial charge in [-0.2, -0.15) is 5.10 Å². The van der Waals surface area contributed by atoms with Crippen LogP contribution < -0.4 is 5.32 Å². The number of rotatable bonds is 8. The van der Waals surface area contributed by atoms with Gasteiger partial charge in [-0.1, -0.05) is 72.8 Å². The fraction of sp³-hybridized carbons (Fsp3) is 0.152. The summed E-state index contributed by atoms with van der Waals surface area (Å²) in [6.45, 7) is 0. The number of allylic oxidation sites excluding steroid dienone is 5. The summed E-state index contributed by atoms with van der Waals surface area (Å²) >= 11 is 0. The third-order valence-corrected chi connectivity index (χ3v) is 7.08. The Morgan fingerprint density at radius 3 is 1.91 bits per heavy atom. The minimum absolute atomic E-state index is 0.317. The molecule has 2 amide bonds. The van der Waals surface area contributed by atoms with Crippen LogP contribution in [-0.2, 0) is 21.3 Å². The highest BCUT2D eigenvalue weighted by Gasteiger charge is 2.33. The van der Waals surface area contributed by atoms with E-state index >= 15 is 0 Å². The van der Waals surface area contributed by atoms with Gasteiger partial charge >= 0.3 is 0 Å². The molecular formula is C33H31N5O5. The summed E-state index contributed by atoms with van der Waals surface area (Å²) in [5, 5.41) is 17.8. The number of aryl methyl sites for hydroxylation is 1. The number of nitrogens with one attached hydrogen (secondary N) is 1. The molecule has 0 spiro atoms. The van der Waals surface area contributed by atoms with Crippen LogP contribution in [0.1, 0.15) is 27.5 Å². The van der Waals surface area contributed by atoms with Gasteiger partial charge in [0.1, 0.15) is 23.3 Å². The Hall–Kier alpha value is -5.48. The first kappa shape index (κ1) is 29.0. The van der Waals surface area contributed by atoms with Gasteiger partial charge in [-0.3, -0.25) is 19.5 Å². The predicted octanol–water partition coefficient (Wildman–Crippen LogP) is 4.42. The Bertz CT molecular complexity index is 1600. The molecule has 0 unspecified atom stereocenters. The highest BCUT2D eigenvalue weighted by atomic mass is 16.5. The molecule has 0 saturated heterocycles. The number of hydroxylamine groups is 2. The van der Waals surface area contributed by atoms with Crippen molar-refractivity contribution in [2.24, 2.45) is 12.0 Å². The second-order valence-electron chi connectivity index (χ2n) is 9.74. The van der Waals surface area contributed by atoms with Gasteiger partial charge in [-0.15, -0.1) is 0 Å². The van der Waals surface area contributed by atoms with Gasteiger partial charge in [0.2, 0.25) is 0 Å². The van der Waals surface area contributed by atoms with Crippen LogP contribution in [0.4, 0.5) is 0 Å². The fourth-order valence-corrected chi connectivity index (χ4v) is 5.02. The van der Waals surface area contributed by atoms with Gasteiger partial charge in [-0.05, 0) is 34.9 Å². The molecule has 2 aliphatic rings. The van der Waals surface area contributed by atoms with Gasteiger partial charge in [0.15, 0.2) is 0 Å². The first-order valence-corrected chi connectivity index (χ1v) is 13.5. The lowest BCUT2D eigenvalue weighted by Crippen LogP contribution is -2.45. The summed E-state index contributed by atoms with van der Waals surface area (Å²) in [5.41, 5.74) is 3.78. The van der Waals surface area contributed by atoms with Crippen LogP contribution >= 0.6 is 0 Å². The molecule has 218 valence electrons. The molecule has 10 nitrogen and oxygen atoms in total. The van der Waals surface area contributed by atoms with Crippen LogP contribution in [0.2, 0.25) is 0 Å². The topological polar surface area (TPSA) is 118 Å². The Morgan fingerprint density at radius 1 is 0.860 bits per heavy atom. The average Bonchev–Trinajstić information content (AvgIpc) is 3.47. The van der Waals surface area contributed by atoms with Crippen molar-refractivity contribution in [1.82, 2.24) is 20.2 Å². The summed E-state index contributed by atoms with van der Waals surface area (Å²) in [6, 6.07) is 19.7. The third-order valence-electron chi connectivity index (χ3n) is 7.08. The van der Waals surface area contributed by atoms with Crippen molar-refractivity contribution in [3.8, 4) is 0 Å². The van der Waals surface area contributed by atoms with E-state index in [1.165, 1.54) is 37.5 Å². The molecule has 10 heteroatoms. The van der Waals surface area contributed by atoms with Crippen LogP contribution in [0, 0.1) is 0 Å². The number of aliphatic imine (C=N–C) groups is 1. The average molecular weight is 578 g/mol. The van der Waals surface area contributed by atoms with E-state index < -0.39 is 23.8 Å².